The van der Waals surface area contributed by atoms with Crippen LogP contribution in [0.4, 0.5) is 18.9 Å². The van der Waals surface area contributed by atoms with Gasteiger partial charge in [-0.3, -0.25) is 4.79 Å². The molecule has 2 aromatic carbocycles. The Balaban J connectivity index is 1.44. The third-order valence-corrected chi connectivity index (χ3v) is 10.3. The molecule has 40 heavy (non-hydrogen) atoms. The number of fused-ring (bicyclic) bond motifs is 2. The van der Waals surface area contributed by atoms with Crippen LogP contribution in [0.5, 0.6) is 0 Å². The fourth-order valence-electron chi connectivity index (χ4n) is 5.57. The summed E-state index contributed by atoms with van der Waals surface area (Å²) in [6.07, 6.45) is 1.71. The van der Waals surface area contributed by atoms with Crippen LogP contribution in [0.2, 0.25) is 5.02 Å². The van der Waals surface area contributed by atoms with Gasteiger partial charge in [0.2, 0.25) is 0 Å². The molecule has 4 rings (SSSR count). The minimum absolute atomic E-state index is 0.0731. The van der Waals surface area contributed by atoms with Gasteiger partial charge in [-0.1, -0.05) is 11.6 Å². The topological polar surface area (TPSA) is 111 Å². The molecule has 8 nitrogen and oxygen atoms in total. The van der Waals surface area contributed by atoms with Crippen molar-refractivity contribution in [2.75, 3.05) is 45.5 Å². The van der Waals surface area contributed by atoms with Crippen LogP contribution >= 0.6 is 11.6 Å². The maximum absolute atomic E-state index is 13.7. The van der Waals surface area contributed by atoms with E-state index in [1.54, 1.807) is 7.11 Å². The summed E-state index contributed by atoms with van der Waals surface area (Å²) in [4.78, 5) is 12.5. The SMILES string of the molecule is COCCOCCOCC1(O)C2CC[C@H]1CC(S(=O)(=O)c1cc(C(=O)Nc3cc(F)c(F)c(F)c3)ccc1Cl)C2. The summed E-state index contributed by atoms with van der Waals surface area (Å²) >= 11 is 6.26. The zero-order valence-electron chi connectivity index (χ0n) is 21.8. The number of sulfone groups is 1. The second kappa shape index (κ2) is 12.7. The number of nitrogens with one attached hydrogen (secondary N) is 1. The van der Waals surface area contributed by atoms with Gasteiger partial charge in [-0.15, -0.1) is 0 Å². The largest absolute Gasteiger partial charge is 0.387 e. The average Bonchev–Trinajstić information content (AvgIpc) is 3.06. The predicted molar refractivity (Wildman–Crippen MR) is 141 cm³/mol. The fraction of sp³-hybridized carbons (Fsp3) is 0.519. The van der Waals surface area contributed by atoms with E-state index >= 15 is 0 Å². The number of hydrogen-bond acceptors (Lipinski definition) is 7. The van der Waals surface area contributed by atoms with E-state index in [-0.39, 0.29) is 59.1 Å². The van der Waals surface area contributed by atoms with Gasteiger partial charge in [0.15, 0.2) is 27.3 Å². The standard InChI is InChI=1S/C27H31ClF3NO7S/c1-37-6-7-38-8-9-39-15-27(34)17-3-4-18(27)12-20(11-17)40(35,36)24-10-16(2-5-21(24)28)26(33)32-19-13-22(29)25(31)23(30)14-19/h2,5,10,13-14,17-18,20,34H,3-4,6-9,11-12,15H2,1H3,(H,32,33)/t17-,18?,20?,27?/m0/s1. The van der Waals surface area contributed by atoms with Gasteiger partial charge in [-0.2, -0.15) is 0 Å². The summed E-state index contributed by atoms with van der Waals surface area (Å²) < 4.78 is 83.6. The van der Waals surface area contributed by atoms with Crippen LogP contribution in [0.15, 0.2) is 35.2 Å². The normalized spacial score (nSPS) is 24.3. The summed E-state index contributed by atoms with van der Waals surface area (Å²) in [5.74, 6) is -6.10. The first kappa shape index (κ1) is 30.7. The maximum Gasteiger partial charge on any atom is 0.255 e. The van der Waals surface area contributed by atoms with E-state index in [0.29, 0.717) is 44.8 Å². The lowest BCUT2D eigenvalue weighted by atomic mass is 9.75. The number of methoxy groups -OCH3 is 1. The summed E-state index contributed by atoms with van der Waals surface area (Å²) in [7, 11) is -2.44. The van der Waals surface area contributed by atoms with Crippen molar-refractivity contribution in [2.45, 2.75) is 41.4 Å². The Hall–Kier alpha value is -2.22. The summed E-state index contributed by atoms with van der Waals surface area (Å²) in [5.41, 5.74) is -1.61. The molecule has 2 aliphatic rings. The van der Waals surface area contributed by atoms with Crippen molar-refractivity contribution >= 4 is 33.0 Å². The zero-order chi connectivity index (χ0) is 29.1. The lowest BCUT2D eigenvalue weighted by molar-refractivity contribution is -0.119. The molecule has 2 aliphatic carbocycles. The fourth-order valence-corrected chi connectivity index (χ4v) is 7.97. The van der Waals surface area contributed by atoms with Crippen molar-refractivity contribution in [1.82, 2.24) is 0 Å². The number of rotatable bonds is 12. The highest BCUT2D eigenvalue weighted by Crippen LogP contribution is 2.52. The van der Waals surface area contributed by atoms with Crippen LogP contribution in [0.25, 0.3) is 0 Å². The maximum atomic E-state index is 13.7. The van der Waals surface area contributed by atoms with Gasteiger partial charge in [0.1, 0.15) is 0 Å². The zero-order valence-corrected chi connectivity index (χ0v) is 23.4. The molecule has 0 aromatic heterocycles. The first-order valence-electron chi connectivity index (χ1n) is 12.8. The second-order valence-electron chi connectivity index (χ2n) is 10.1. The second-order valence-corrected chi connectivity index (χ2v) is 12.7. The molecule has 2 fully saturated rings. The molecule has 220 valence electrons. The molecule has 0 spiro atoms. The van der Waals surface area contributed by atoms with Crippen LogP contribution in [0.1, 0.15) is 36.0 Å². The van der Waals surface area contributed by atoms with Crippen molar-refractivity contribution < 1.29 is 45.7 Å². The van der Waals surface area contributed by atoms with E-state index in [9.17, 15) is 31.5 Å². The monoisotopic (exact) mass is 605 g/mol. The van der Waals surface area contributed by atoms with Crippen molar-refractivity contribution in [3.05, 3.63) is 58.4 Å². The van der Waals surface area contributed by atoms with Crippen molar-refractivity contribution in [1.29, 1.82) is 0 Å². The van der Waals surface area contributed by atoms with Gasteiger partial charge in [-0.25, -0.2) is 21.6 Å². The Bertz CT molecular complexity index is 1310. The predicted octanol–water partition coefficient (Wildman–Crippen LogP) is 4.38. The van der Waals surface area contributed by atoms with E-state index in [2.05, 4.69) is 5.32 Å². The molecule has 1 amide bonds. The number of benzene rings is 2. The average molecular weight is 606 g/mol. The number of hydrogen-bond donors (Lipinski definition) is 2. The van der Waals surface area contributed by atoms with E-state index in [1.807, 2.05) is 0 Å². The van der Waals surface area contributed by atoms with Gasteiger partial charge in [0, 0.05) is 30.5 Å². The highest BCUT2D eigenvalue weighted by atomic mass is 35.5. The van der Waals surface area contributed by atoms with Crippen LogP contribution in [0.3, 0.4) is 0 Å². The molecule has 2 aromatic rings. The first-order valence-corrected chi connectivity index (χ1v) is 14.8. The van der Waals surface area contributed by atoms with Crippen molar-refractivity contribution in [2.24, 2.45) is 11.8 Å². The van der Waals surface area contributed by atoms with E-state index in [4.69, 9.17) is 25.8 Å². The van der Waals surface area contributed by atoms with Gasteiger partial charge >= 0.3 is 0 Å². The molecule has 2 N–H and O–H groups in total. The highest BCUT2D eigenvalue weighted by molar-refractivity contribution is 7.92. The Labute approximate surface area is 235 Å². The minimum atomic E-state index is -4.02. The van der Waals surface area contributed by atoms with Gasteiger partial charge in [-0.05, 0) is 55.7 Å². The number of aliphatic hydroxyl groups is 1. The van der Waals surface area contributed by atoms with Crippen LogP contribution in [-0.2, 0) is 24.0 Å². The molecular formula is C27H31ClF3NO7S. The Kier molecular flexibility index (Phi) is 9.79. The molecule has 0 aliphatic heterocycles. The summed E-state index contributed by atoms with van der Waals surface area (Å²) in [6, 6.07) is 4.86. The molecule has 13 heteroatoms. The minimum Gasteiger partial charge on any atom is -0.387 e. The third-order valence-electron chi connectivity index (χ3n) is 7.69. The van der Waals surface area contributed by atoms with E-state index in [1.165, 1.54) is 12.1 Å². The van der Waals surface area contributed by atoms with Crippen LogP contribution in [0, 0.1) is 29.3 Å². The van der Waals surface area contributed by atoms with Gasteiger partial charge in [0.25, 0.3) is 5.91 Å². The number of amides is 1. The van der Waals surface area contributed by atoms with Crippen LogP contribution < -0.4 is 5.32 Å². The molecule has 4 atom stereocenters. The van der Waals surface area contributed by atoms with Gasteiger partial charge in [0.05, 0.1) is 53.8 Å². The highest BCUT2D eigenvalue weighted by Gasteiger charge is 2.55. The third kappa shape index (κ3) is 6.47. The molecule has 0 saturated heterocycles. The van der Waals surface area contributed by atoms with E-state index in [0.717, 1.165) is 6.07 Å². The Morgan fingerprint density at radius 2 is 1.62 bits per heavy atom. The summed E-state index contributed by atoms with van der Waals surface area (Å²) in [6.45, 7) is 1.61. The molecule has 2 saturated carbocycles. The van der Waals surface area contributed by atoms with Crippen molar-refractivity contribution in [3.8, 4) is 0 Å². The smallest absolute Gasteiger partial charge is 0.255 e. The molecule has 0 heterocycles. The Morgan fingerprint density at radius 1 is 1.02 bits per heavy atom. The number of carbonyl (C=O) groups is 1. The molecule has 3 unspecified atom stereocenters. The number of ether oxygens (including phenoxy) is 3. The van der Waals surface area contributed by atoms with Crippen LogP contribution in [-0.4, -0.2) is 70.4 Å². The lowest BCUT2D eigenvalue weighted by Crippen LogP contribution is -2.51. The van der Waals surface area contributed by atoms with Crippen molar-refractivity contribution in [3.63, 3.8) is 0 Å². The molecule has 2 bridgehead atoms. The Morgan fingerprint density at radius 3 is 2.25 bits per heavy atom. The number of halogens is 4. The lowest BCUT2D eigenvalue weighted by Gasteiger charge is -2.42. The number of carbonyl (C=O) groups excluding carboxylic acids is 1. The first-order chi connectivity index (χ1) is 19.0. The molecule has 0 radical (unpaired) electrons. The number of anilines is 1. The quantitative estimate of drug-likeness (QED) is 0.273. The molecular weight excluding hydrogens is 575 g/mol. The summed E-state index contributed by atoms with van der Waals surface area (Å²) in [5, 5.41) is 12.7. The van der Waals surface area contributed by atoms with E-state index < -0.39 is 44.0 Å². The van der Waals surface area contributed by atoms with Gasteiger partial charge < -0.3 is 24.6 Å².